The third kappa shape index (κ3) is 3.43. The second kappa shape index (κ2) is 6.50. The highest BCUT2D eigenvalue weighted by atomic mass is 16.5. The molecule has 0 saturated heterocycles. The van der Waals surface area contributed by atoms with Crippen LogP contribution in [0.5, 0.6) is 0 Å². The molecule has 0 spiro atoms. The molecular weight excluding hydrogens is 238 g/mol. The number of nitrogens with one attached hydrogen (secondary N) is 1. The van der Waals surface area contributed by atoms with Gasteiger partial charge in [0.25, 0.3) is 0 Å². The Bertz CT molecular complexity index is 534. The van der Waals surface area contributed by atoms with Crippen molar-refractivity contribution in [3.05, 3.63) is 47.3 Å². The van der Waals surface area contributed by atoms with Crippen molar-refractivity contribution in [2.24, 2.45) is 0 Å². The van der Waals surface area contributed by atoms with Gasteiger partial charge >= 0.3 is 0 Å². The summed E-state index contributed by atoms with van der Waals surface area (Å²) in [5, 5.41) is 7.92. The number of benzene rings is 1. The lowest BCUT2D eigenvalue weighted by atomic mass is 10.1. The first-order valence-corrected chi connectivity index (χ1v) is 6.53. The second-order valence-corrected chi connectivity index (χ2v) is 4.64. The topological polar surface area (TPSA) is 39.1 Å². The summed E-state index contributed by atoms with van der Waals surface area (Å²) in [6.07, 6.45) is 0. The average molecular weight is 259 g/mol. The minimum atomic E-state index is 0.724. The maximum Gasteiger partial charge on any atom is 0.0693 e. The average Bonchev–Trinajstić information content (AvgIpc) is 2.74. The number of methoxy groups -OCH3 is 1. The Labute approximate surface area is 114 Å². The number of aromatic nitrogens is 2. The molecule has 0 aliphatic rings. The van der Waals surface area contributed by atoms with Crippen LogP contribution < -0.4 is 5.32 Å². The lowest BCUT2D eigenvalue weighted by Crippen LogP contribution is -2.19. The minimum Gasteiger partial charge on any atom is -0.383 e. The van der Waals surface area contributed by atoms with Gasteiger partial charge in [-0.05, 0) is 31.5 Å². The van der Waals surface area contributed by atoms with Gasteiger partial charge in [-0.1, -0.05) is 18.2 Å². The van der Waals surface area contributed by atoms with Crippen LogP contribution in [0.2, 0.25) is 0 Å². The van der Waals surface area contributed by atoms with Crippen molar-refractivity contribution in [3.63, 3.8) is 0 Å². The van der Waals surface area contributed by atoms with Crippen molar-refractivity contribution in [3.8, 4) is 5.69 Å². The first-order chi connectivity index (χ1) is 9.22. The molecule has 19 heavy (non-hydrogen) atoms. The Kier molecular flexibility index (Phi) is 4.71. The van der Waals surface area contributed by atoms with Crippen LogP contribution in [0.15, 0.2) is 30.3 Å². The van der Waals surface area contributed by atoms with Gasteiger partial charge in [0.15, 0.2) is 0 Å². The van der Waals surface area contributed by atoms with E-state index in [-0.39, 0.29) is 0 Å². The van der Waals surface area contributed by atoms with Crippen molar-refractivity contribution in [1.29, 1.82) is 0 Å². The molecule has 0 aliphatic carbocycles. The van der Waals surface area contributed by atoms with E-state index in [4.69, 9.17) is 4.74 Å². The minimum absolute atomic E-state index is 0.724. The molecule has 0 fully saturated rings. The molecule has 102 valence electrons. The lowest BCUT2D eigenvalue weighted by Gasteiger charge is -2.12. The smallest absolute Gasteiger partial charge is 0.0693 e. The summed E-state index contributed by atoms with van der Waals surface area (Å²) in [6, 6.07) is 10.4. The maximum atomic E-state index is 5.04. The van der Waals surface area contributed by atoms with Gasteiger partial charge in [-0.2, -0.15) is 5.10 Å². The molecule has 0 bridgehead atoms. The predicted molar refractivity (Wildman–Crippen MR) is 76.6 cm³/mol. The molecule has 1 aromatic carbocycles. The Morgan fingerprint density at radius 1 is 1.26 bits per heavy atom. The zero-order valence-corrected chi connectivity index (χ0v) is 11.8. The Morgan fingerprint density at radius 2 is 2.05 bits per heavy atom. The van der Waals surface area contributed by atoms with Crippen LogP contribution in [-0.4, -0.2) is 30.0 Å². The molecule has 0 unspecified atom stereocenters. The van der Waals surface area contributed by atoms with Gasteiger partial charge < -0.3 is 10.1 Å². The van der Waals surface area contributed by atoms with E-state index >= 15 is 0 Å². The first kappa shape index (κ1) is 13.8. The molecule has 1 aromatic heterocycles. The lowest BCUT2D eigenvalue weighted by molar-refractivity contribution is 0.199. The van der Waals surface area contributed by atoms with E-state index in [1.54, 1.807) is 7.11 Å². The number of aryl methyl sites for hydroxylation is 2. The molecule has 0 amide bonds. The second-order valence-electron chi connectivity index (χ2n) is 4.64. The van der Waals surface area contributed by atoms with Crippen LogP contribution in [0.4, 0.5) is 0 Å². The third-order valence-electron chi connectivity index (χ3n) is 3.03. The molecule has 0 radical (unpaired) electrons. The van der Waals surface area contributed by atoms with E-state index in [9.17, 15) is 0 Å². The zero-order chi connectivity index (χ0) is 13.7. The quantitative estimate of drug-likeness (QED) is 0.809. The first-order valence-electron chi connectivity index (χ1n) is 6.53. The van der Waals surface area contributed by atoms with Gasteiger partial charge in [-0.15, -0.1) is 0 Å². The fourth-order valence-electron chi connectivity index (χ4n) is 2.14. The van der Waals surface area contributed by atoms with Crippen molar-refractivity contribution >= 4 is 0 Å². The summed E-state index contributed by atoms with van der Waals surface area (Å²) in [7, 11) is 1.71. The molecule has 1 heterocycles. The van der Waals surface area contributed by atoms with E-state index in [0.29, 0.717) is 0 Å². The Balaban J connectivity index is 2.19. The molecular formula is C15H21N3O. The van der Waals surface area contributed by atoms with E-state index in [2.05, 4.69) is 41.6 Å². The summed E-state index contributed by atoms with van der Waals surface area (Å²) in [5.41, 5.74) is 4.57. The van der Waals surface area contributed by atoms with Gasteiger partial charge in [0, 0.05) is 25.9 Å². The van der Waals surface area contributed by atoms with Crippen LogP contribution in [0, 0.1) is 13.8 Å². The van der Waals surface area contributed by atoms with E-state index in [1.807, 2.05) is 17.7 Å². The zero-order valence-electron chi connectivity index (χ0n) is 11.8. The molecule has 0 aliphatic heterocycles. The highest BCUT2D eigenvalue weighted by molar-refractivity contribution is 5.41. The van der Waals surface area contributed by atoms with Gasteiger partial charge in [-0.25, -0.2) is 4.68 Å². The molecule has 0 atom stereocenters. The summed E-state index contributed by atoms with van der Waals surface area (Å²) in [6.45, 7) is 6.49. The highest BCUT2D eigenvalue weighted by Gasteiger charge is 2.07. The molecule has 2 rings (SSSR count). The number of nitrogens with zero attached hydrogens (tertiary/aromatic N) is 2. The van der Waals surface area contributed by atoms with Crippen LogP contribution >= 0.6 is 0 Å². The molecule has 1 N–H and O–H groups in total. The third-order valence-corrected chi connectivity index (χ3v) is 3.03. The van der Waals surface area contributed by atoms with Crippen LogP contribution in [-0.2, 0) is 11.3 Å². The number of hydrogen-bond donors (Lipinski definition) is 1. The SMILES string of the molecule is COCCNCc1ccccc1-n1nc(C)cc1C. The Hall–Kier alpha value is -1.65. The fraction of sp³-hybridized carbons (Fsp3) is 0.400. The van der Waals surface area contributed by atoms with Crippen LogP contribution in [0.3, 0.4) is 0 Å². The van der Waals surface area contributed by atoms with Crippen molar-refractivity contribution < 1.29 is 4.74 Å². The number of rotatable bonds is 6. The molecule has 0 saturated carbocycles. The predicted octanol–water partition coefficient (Wildman–Crippen LogP) is 2.23. The summed E-state index contributed by atoms with van der Waals surface area (Å²) in [5.74, 6) is 0. The van der Waals surface area contributed by atoms with E-state index < -0.39 is 0 Å². The maximum absolute atomic E-state index is 5.04. The largest absolute Gasteiger partial charge is 0.383 e. The molecule has 4 nitrogen and oxygen atoms in total. The fourth-order valence-corrected chi connectivity index (χ4v) is 2.14. The summed E-state index contributed by atoms with van der Waals surface area (Å²) in [4.78, 5) is 0. The standard InChI is InChI=1S/C15H21N3O/c1-12-10-13(2)18(17-12)15-7-5-4-6-14(15)11-16-8-9-19-3/h4-7,10,16H,8-9,11H2,1-3H3. The van der Waals surface area contributed by atoms with Gasteiger partial charge in [0.2, 0.25) is 0 Å². The van der Waals surface area contributed by atoms with E-state index in [0.717, 1.165) is 36.8 Å². The molecule has 4 heteroatoms. The van der Waals surface area contributed by atoms with Crippen molar-refractivity contribution in [2.45, 2.75) is 20.4 Å². The van der Waals surface area contributed by atoms with Crippen molar-refractivity contribution in [2.75, 3.05) is 20.3 Å². The van der Waals surface area contributed by atoms with Crippen LogP contribution in [0.1, 0.15) is 17.0 Å². The summed E-state index contributed by atoms with van der Waals surface area (Å²) >= 11 is 0. The highest BCUT2D eigenvalue weighted by Crippen LogP contribution is 2.16. The van der Waals surface area contributed by atoms with Gasteiger partial charge in [-0.3, -0.25) is 0 Å². The van der Waals surface area contributed by atoms with E-state index in [1.165, 1.54) is 5.56 Å². The molecule has 2 aromatic rings. The van der Waals surface area contributed by atoms with Crippen molar-refractivity contribution in [1.82, 2.24) is 15.1 Å². The normalized spacial score (nSPS) is 10.9. The number of hydrogen-bond acceptors (Lipinski definition) is 3. The monoisotopic (exact) mass is 259 g/mol. The number of ether oxygens (including phenoxy) is 1. The van der Waals surface area contributed by atoms with Gasteiger partial charge in [0.1, 0.15) is 0 Å². The number of para-hydroxylation sites is 1. The van der Waals surface area contributed by atoms with Crippen LogP contribution in [0.25, 0.3) is 5.69 Å². The van der Waals surface area contributed by atoms with Gasteiger partial charge in [0.05, 0.1) is 18.0 Å². The summed E-state index contributed by atoms with van der Waals surface area (Å²) < 4.78 is 7.04. The Morgan fingerprint density at radius 3 is 2.74 bits per heavy atom.